The van der Waals surface area contributed by atoms with Gasteiger partial charge in [-0.3, -0.25) is 0 Å². The van der Waals surface area contributed by atoms with Crippen LogP contribution in [0.15, 0.2) is 54.0 Å². The van der Waals surface area contributed by atoms with Crippen molar-refractivity contribution in [1.29, 1.82) is 5.26 Å². The lowest BCUT2D eigenvalue weighted by Crippen LogP contribution is -1.93. The number of hydrogen-bond donors (Lipinski definition) is 1. The van der Waals surface area contributed by atoms with E-state index >= 15 is 0 Å². The van der Waals surface area contributed by atoms with E-state index < -0.39 is 0 Å². The second-order valence-corrected chi connectivity index (χ2v) is 6.96. The molecule has 0 spiro atoms. The Hall–Kier alpha value is -3.10. The number of hydrogen-bond acceptors (Lipinski definition) is 4. The molecule has 0 bridgehead atoms. The van der Waals surface area contributed by atoms with Crippen LogP contribution in [-0.2, 0) is 6.54 Å². The summed E-state index contributed by atoms with van der Waals surface area (Å²) in [4.78, 5) is 4.38. The van der Waals surface area contributed by atoms with Crippen molar-refractivity contribution in [1.82, 2.24) is 9.55 Å². The summed E-state index contributed by atoms with van der Waals surface area (Å²) in [5.41, 5.74) is 4.89. The summed E-state index contributed by atoms with van der Waals surface area (Å²) in [6.07, 6.45) is 1.73. The fourth-order valence-electron chi connectivity index (χ4n) is 3.26. The molecule has 128 valence electrons. The molecule has 5 heteroatoms. The number of thiazole rings is 1. The molecule has 0 unspecified atom stereocenters. The summed E-state index contributed by atoms with van der Waals surface area (Å²) >= 11 is 1.48. The van der Waals surface area contributed by atoms with E-state index in [0.29, 0.717) is 5.57 Å². The fraction of sp³-hybridized carbons (Fsp3) is 0.143. The normalized spacial score (nSPS) is 11.8. The van der Waals surface area contributed by atoms with Crippen LogP contribution in [0.2, 0.25) is 0 Å². The molecule has 0 fully saturated rings. The van der Waals surface area contributed by atoms with E-state index in [1.807, 2.05) is 18.4 Å². The first kappa shape index (κ1) is 16.4. The number of fused-ring (bicyclic) bond motifs is 3. The number of rotatable bonds is 4. The molecule has 4 rings (SSSR count). The predicted octanol–water partition coefficient (Wildman–Crippen LogP) is 5.56. The number of allylic oxidation sites excluding steroid dienone is 1. The predicted molar refractivity (Wildman–Crippen MR) is 109 cm³/mol. The van der Waals surface area contributed by atoms with Crippen LogP contribution in [0.5, 0.6) is 0 Å². The maximum atomic E-state index is 9.42. The van der Waals surface area contributed by atoms with Gasteiger partial charge in [-0.25, -0.2) is 4.98 Å². The average molecular weight is 358 g/mol. The van der Waals surface area contributed by atoms with Gasteiger partial charge in [-0.2, -0.15) is 5.26 Å². The van der Waals surface area contributed by atoms with E-state index in [1.54, 1.807) is 6.20 Å². The SMILES string of the molecule is CCn1c2ccccc2c2cc(N/C=C(\C#N)c3nc(C)cs3)ccc21. The van der Waals surface area contributed by atoms with Crippen LogP contribution in [-0.4, -0.2) is 9.55 Å². The van der Waals surface area contributed by atoms with Crippen LogP contribution in [0.1, 0.15) is 17.6 Å². The molecule has 0 radical (unpaired) electrons. The van der Waals surface area contributed by atoms with Crippen molar-refractivity contribution < 1.29 is 0 Å². The Balaban J connectivity index is 1.75. The van der Waals surface area contributed by atoms with Crippen molar-refractivity contribution in [3.05, 3.63) is 64.7 Å². The van der Waals surface area contributed by atoms with Gasteiger partial charge in [0.25, 0.3) is 0 Å². The van der Waals surface area contributed by atoms with Crippen LogP contribution in [0.25, 0.3) is 27.4 Å². The number of anilines is 1. The number of aromatic nitrogens is 2. The van der Waals surface area contributed by atoms with E-state index in [0.717, 1.165) is 22.9 Å². The molecular formula is C21H18N4S. The van der Waals surface area contributed by atoms with Crippen LogP contribution in [0.3, 0.4) is 0 Å². The molecule has 1 N–H and O–H groups in total. The summed E-state index contributed by atoms with van der Waals surface area (Å²) in [6, 6.07) is 17.0. The molecule has 0 atom stereocenters. The topological polar surface area (TPSA) is 53.6 Å². The third-order valence-corrected chi connectivity index (χ3v) is 5.44. The van der Waals surface area contributed by atoms with Crippen LogP contribution in [0, 0.1) is 18.3 Å². The highest BCUT2D eigenvalue weighted by molar-refractivity contribution is 7.10. The maximum Gasteiger partial charge on any atom is 0.135 e. The molecule has 4 nitrogen and oxygen atoms in total. The van der Waals surface area contributed by atoms with E-state index in [2.05, 4.69) is 64.3 Å². The number of aryl methyl sites for hydroxylation is 2. The van der Waals surface area contributed by atoms with Gasteiger partial charge >= 0.3 is 0 Å². The van der Waals surface area contributed by atoms with Gasteiger partial charge < -0.3 is 9.88 Å². The van der Waals surface area contributed by atoms with Gasteiger partial charge in [-0.05, 0) is 38.1 Å². The number of nitrogens with one attached hydrogen (secondary N) is 1. The number of nitriles is 1. The zero-order valence-corrected chi connectivity index (χ0v) is 15.5. The average Bonchev–Trinajstić information content (AvgIpc) is 3.23. The molecule has 0 aliphatic heterocycles. The van der Waals surface area contributed by atoms with Crippen molar-refractivity contribution >= 4 is 44.4 Å². The van der Waals surface area contributed by atoms with E-state index in [4.69, 9.17) is 0 Å². The van der Waals surface area contributed by atoms with Crippen LogP contribution in [0.4, 0.5) is 5.69 Å². The standard InChI is InChI=1S/C21H18N4S/c1-3-25-19-7-5-4-6-17(19)18-10-16(8-9-20(18)25)23-12-15(11-22)21-24-14(2)13-26-21/h4-10,12-13,23H,3H2,1-2H3/b15-12+. The highest BCUT2D eigenvalue weighted by Crippen LogP contribution is 2.31. The van der Waals surface area contributed by atoms with E-state index in [9.17, 15) is 5.26 Å². The Bertz CT molecular complexity index is 1170. The molecule has 2 aromatic heterocycles. The van der Waals surface area contributed by atoms with Gasteiger partial charge in [0.1, 0.15) is 16.6 Å². The summed E-state index contributed by atoms with van der Waals surface area (Å²) in [5.74, 6) is 0. The maximum absolute atomic E-state index is 9.42. The number of para-hydroxylation sites is 1. The molecule has 0 amide bonds. The number of benzene rings is 2. The third kappa shape index (κ3) is 2.75. The van der Waals surface area contributed by atoms with Gasteiger partial charge in [-0.1, -0.05) is 18.2 Å². The molecule has 0 aliphatic rings. The van der Waals surface area contributed by atoms with Gasteiger partial charge in [0.15, 0.2) is 0 Å². The van der Waals surface area contributed by atoms with Crippen molar-refractivity contribution in [3.63, 3.8) is 0 Å². The first-order valence-corrected chi connectivity index (χ1v) is 9.39. The van der Waals surface area contributed by atoms with Gasteiger partial charge in [0.05, 0.1) is 0 Å². The monoisotopic (exact) mass is 358 g/mol. The lowest BCUT2D eigenvalue weighted by molar-refractivity contribution is 0.827. The molecule has 0 aliphatic carbocycles. The van der Waals surface area contributed by atoms with Crippen molar-refractivity contribution in [3.8, 4) is 6.07 Å². The number of nitrogens with zero attached hydrogens (tertiary/aromatic N) is 3. The minimum absolute atomic E-state index is 0.541. The second kappa shape index (κ2) is 6.66. The lowest BCUT2D eigenvalue weighted by atomic mass is 10.1. The summed E-state index contributed by atoms with van der Waals surface area (Å²) in [7, 11) is 0. The molecule has 2 aromatic carbocycles. The summed E-state index contributed by atoms with van der Waals surface area (Å²) in [5, 5.41) is 17.8. The Morgan fingerprint density at radius 1 is 1.23 bits per heavy atom. The van der Waals surface area contributed by atoms with Gasteiger partial charge in [0.2, 0.25) is 0 Å². The zero-order valence-electron chi connectivity index (χ0n) is 14.7. The Morgan fingerprint density at radius 2 is 2.04 bits per heavy atom. The Kier molecular flexibility index (Phi) is 4.19. The molecular weight excluding hydrogens is 340 g/mol. The van der Waals surface area contributed by atoms with Crippen molar-refractivity contribution in [2.45, 2.75) is 20.4 Å². The Morgan fingerprint density at radius 3 is 2.77 bits per heavy atom. The quantitative estimate of drug-likeness (QED) is 0.486. The highest BCUT2D eigenvalue weighted by Gasteiger charge is 2.10. The minimum Gasteiger partial charge on any atom is -0.360 e. The van der Waals surface area contributed by atoms with Crippen LogP contribution < -0.4 is 5.32 Å². The molecule has 4 aromatic rings. The molecule has 0 saturated carbocycles. The zero-order chi connectivity index (χ0) is 18.1. The first-order valence-electron chi connectivity index (χ1n) is 8.51. The van der Waals surface area contributed by atoms with Crippen LogP contribution >= 0.6 is 11.3 Å². The third-order valence-electron chi connectivity index (χ3n) is 4.44. The lowest BCUT2D eigenvalue weighted by Gasteiger charge is -2.05. The van der Waals surface area contributed by atoms with Crippen molar-refractivity contribution in [2.24, 2.45) is 0 Å². The minimum atomic E-state index is 0.541. The van der Waals surface area contributed by atoms with Gasteiger partial charge in [-0.15, -0.1) is 11.3 Å². The van der Waals surface area contributed by atoms with E-state index in [1.165, 1.54) is 33.1 Å². The Labute approximate surface area is 156 Å². The molecule has 26 heavy (non-hydrogen) atoms. The second-order valence-electron chi connectivity index (χ2n) is 6.10. The molecule has 0 saturated heterocycles. The fourth-order valence-corrected chi connectivity index (χ4v) is 4.02. The smallest absolute Gasteiger partial charge is 0.135 e. The molecule has 2 heterocycles. The summed E-state index contributed by atoms with van der Waals surface area (Å²) < 4.78 is 2.32. The highest BCUT2D eigenvalue weighted by atomic mass is 32.1. The summed E-state index contributed by atoms with van der Waals surface area (Å²) in [6.45, 7) is 5.02. The van der Waals surface area contributed by atoms with Crippen molar-refractivity contribution in [2.75, 3.05) is 5.32 Å². The first-order chi connectivity index (χ1) is 12.7. The van der Waals surface area contributed by atoms with E-state index in [-0.39, 0.29) is 0 Å². The van der Waals surface area contributed by atoms with Gasteiger partial charge in [0, 0.05) is 51.3 Å². The largest absolute Gasteiger partial charge is 0.360 e.